The van der Waals surface area contributed by atoms with Crippen molar-refractivity contribution in [1.29, 1.82) is 5.41 Å². The number of piperidine rings is 1. The van der Waals surface area contributed by atoms with Gasteiger partial charge in [-0.1, -0.05) is 29.3 Å². The molecule has 37 heavy (non-hydrogen) atoms. The first kappa shape index (κ1) is 27.4. The van der Waals surface area contributed by atoms with E-state index in [1.807, 2.05) is 55.1 Å². The minimum absolute atomic E-state index is 0.0271. The molecule has 0 saturated carbocycles. The molecule has 2 aromatic carbocycles. The number of ether oxygens (including phenoxy) is 1. The second-order valence-electron chi connectivity index (χ2n) is 10.1. The van der Waals surface area contributed by atoms with Gasteiger partial charge in [0.2, 0.25) is 5.67 Å². The van der Waals surface area contributed by atoms with Gasteiger partial charge in [0.1, 0.15) is 17.5 Å². The van der Waals surface area contributed by atoms with Crippen molar-refractivity contribution in [2.75, 3.05) is 25.0 Å². The van der Waals surface area contributed by atoms with Crippen molar-refractivity contribution in [2.24, 2.45) is 0 Å². The number of hydrogen-bond acceptors (Lipinski definition) is 5. The quantitative estimate of drug-likeness (QED) is 0.314. The number of nitrogens with zero attached hydrogens (tertiary/aromatic N) is 1. The van der Waals surface area contributed by atoms with Crippen LogP contribution in [0.15, 0.2) is 42.0 Å². The van der Waals surface area contributed by atoms with E-state index in [9.17, 15) is 14.3 Å². The predicted molar refractivity (Wildman–Crippen MR) is 147 cm³/mol. The third-order valence-corrected chi connectivity index (χ3v) is 7.48. The van der Waals surface area contributed by atoms with Crippen molar-refractivity contribution in [3.63, 3.8) is 0 Å². The fraction of sp³-hybridized carbons (Fsp3) is 0.429. The van der Waals surface area contributed by atoms with E-state index in [1.165, 1.54) is 0 Å². The molecule has 0 aromatic heterocycles. The molecule has 3 N–H and O–H groups in total. The lowest BCUT2D eigenvalue weighted by molar-refractivity contribution is -0.154. The zero-order valence-electron chi connectivity index (χ0n) is 21.0. The van der Waals surface area contributed by atoms with E-state index in [-0.39, 0.29) is 24.2 Å². The summed E-state index contributed by atoms with van der Waals surface area (Å²) >= 11 is 12.8. The second-order valence-corrected chi connectivity index (χ2v) is 10.9. The minimum Gasteiger partial charge on any atom is -0.489 e. The van der Waals surface area contributed by atoms with Crippen LogP contribution in [0.5, 0.6) is 5.75 Å². The van der Waals surface area contributed by atoms with E-state index in [0.29, 0.717) is 36.7 Å². The number of fused-ring (bicyclic) bond motifs is 1. The Kier molecular flexibility index (Phi) is 8.46. The molecule has 1 saturated heterocycles. The molecule has 0 radical (unpaired) electrons. The maximum Gasteiger partial charge on any atom is 0.342 e. The molecule has 1 fully saturated rings. The zero-order chi connectivity index (χ0) is 26.7. The Morgan fingerprint density at radius 2 is 2.05 bits per heavy atom. The number of rotatable bonds is 9. The van der Waals surface area contributed by atoms with Crippen LogP contribution in [0.3, 0.4) is 0 Å². The van der Waals surface area contributed by atoms with Crippen LogP contribution in [-0.2, 0) is 17.8 Å². The number of benzene rings is 2. The Morgan fingerprint density at radius 1 is 1.27 bits per heavy atom. The smallest absolute Gasteiger partial charge is 0.342 e. The van der Waals surface area contributed by atoms with E-state index in [1.54, 1.807) is 0 Å². The summed E-state index contributed by atoms with van der Waals surface area (Å²) in [7, 11) is 0. The summed E-state index contributed by atoms with van der Waals surface area (Å²) in [5, 5.41) is 21.1. The van der Waals surface area contributed by atoms with Gasteiger partial charge in [-0.05, 0) is 98.7 Å². The Labute approximate surface area is 226 Å². The number of halogens is 3. The largest absolute Gasteiger partial charge is 0.489 e. The van der Waals surface area contributed by atoms with Gasteiger partial charge in [-0.2, -0.15) is 0 Å². The first-order valence-electron chi connectivity index (χ1n) is 12.5. The van der Waals surface area contributed by atoms with Crippen LogP contribution in [0, 0.1) is 5.41 Å². The summed E-state index contributed by atoms with van der Waals surface area (Å²) in [6, 6.07) is 11.8. The van der Waals surface area contributed by atoms with Gasteiger partial charge in [0.05, 0.1) is 0 Å². The van der Waals surface area contributed by atoms with Crippen molar-refractivity contribution in [2.45, 2.75) is 57.8 Å². The van der Waals surface area contributed by atoms with Crippen LogP contribution in [0.4, 0.5) is 10.1 Å². The topological polar surface area (TPSA) is 85.7 Å². The van der Waals surface area contributed by atoms with E-state index >= 15 is 0 Å². The number of aliphatic carboxylic acids is 1. The van der Waals surface area contributed by atoms with Crippen LogP contribution in [0.2, 0.25) is 0 Å². The summed E-state index contributed by atoms with van der Waals surface area (Å²) in [6.45, 7) is 5.40. The molecule has 0 spiro atoms. The van der Waals surface area contributed by atoms with E-state index < -0.39 is 11.6 Å². The van der Waals surface area contributed by atoms with Gasteiger partial charge in [0, 0.05) is 35.4 Å². The molecule has 9 heteroatoms. The number of aryl methyl sites for hydroxylation is 1. The summed E-state index contributed by atoms with van der Waals surface area (Å²) in [6.07, 6.45) is 2.06. The van der Waals surface area contributed by atoms with Crippen molar-refractivity contribution in [1.82, 2.24) is 4.90 Å². The predicted octanol–water partition coefficient (Wildman–Crippen LogP) is 6.43. The Hall–Kier alpha value is -2.61. The van der Waals surface area contributed by atoms with Crippen LogP contribution in [-0.4, -0.2) is 52.5 Å². The van der Waals surface area contributed by atoms with Crippen molar-refractivity contribution >= 4 is 45.1 Å². The van der Waals surface area contributed by atoms with Crippen molar-refractivity contribution in [3.8, 4) is 5.75 Å². The SMILES string of the molecule is CC(C)Nc1ccc(COc2ccc3c(c2)CCC(CN2CCCC(F)(C(=O)O)C2)=C3Cl)cc1C(=N)Cl. The monoisotopic (exact) mass is 547 g/mol. The lowest BCUT2D eigenvalue weighted by Crippen LogP contribution is -2.50. The fourth-order valence-corrected chi connectivity index (χ4v) is 5.45. The molecular weight excluding hydrogens is 516 g/mol. The molecule has 1 aliphatic carbocycles. The molecule has 1 aliphatic heterocycles. The number of carbonyl (C=O) groups is 1. The van der Waals surface area contributed by atoms with E-state index in [2.05, 4.69) is 5.32 Å². The molecule has 198 valence electrons. The Morgan fingerprint density at radius 3 is 2.76 bits per heavy atom. The first-order valence-corrected chi connectivity index (χ1v) is 13.2. The Balaban J connectivity index is 1.44. The maximum atomic E-state index is 14.7. The highest BCUT2D eigenvalue weighted by molar-refractivity contribution is 6.69. The van der Waals surface area contributed by atoms with E-state index in [0.717, 1.165) is 46.5 Å². The summed E-state index contributed by atoms with van der Waals surface area (Å²) in [4.78, 5) is 13.2. The van der Waals surface area contributed by atoms with Gasteiger partial charge in [0.15, 0.2) is 0 Å². The minimum atomic E-state index is -2.19. The molecule has 4 rings (SSSR count). The molecule has 1 heterocycles. The van der Waals surface area contributed by atoms with Gasteiger partial charge in [-0.25, -0.2) is 9.18 Å². The summed E-state index contributed by atoms with van der Waals surface area (Å²) in [5.74, 6) is -0.669. The maximum absolute atomic E-state index is 14.7. The number of carboxylic acid groups (broad SMARTS) is 1. The van der Waals surface area contributed by atoms with Gasteiger partial charge < -0.3 is 15.2 Å². The molecule has 0 amide bonds. The normalized spacial score (nSPS) is 20.1. The number of likely N-dealkylation sites (tertiary alicyclic amines) is 1. The Bertz CT molecular complexity index is 1230. The number of hydrogen-bond donors (Lipinski definition) is 3. The third-order valence-electron chi connectivity index (χ3n) is 6.81. The number of nitrogens with one attached hydrogen (secondary N) is 2. The number of alkyl halides is 1. The summed E-state index contributed by atoms with van der Waals surface area (Å²) in [5.41, 5.74) is 3.17. The lowest BCUT2D eigenvalue weighted by Gasteiger charge is -2.36. The van der Waals surface area contributed by atoms with Gasteiger partial charge in [0.25, 0.3) is 0 Å². The fourth-order valence-electron chi connectivity index (χ4n) is 4.96. The van der Waals surface area contributed by atoms with Crippen LogP contribution >= 0.6 is 23.2 Å². The molecule has 1 atom stereocenters. The average molecular weight is 548 g/mol. The average Bonchev–Trinajstić information content (AvgIpc) is 2.84. The number of anilines is 1. The molecule has 2 aliphatic rings. The highest BCUT2D eigenvalue weighted by atomic mass is 35.5. The molecular formula is C28H32Cl2FN3O3. The molecule has 6 nitrogen and oxygen atoms in total. The van der Waals surface area contributed by atoms with Gasteiger partial charge in [-0.15, -0.1) is 0 Å². The standard InChI is InChI=1S/C28H32Cl2FN3O3/c1-17(2)33-24-9-4-18(12-23(24)26(30)32)15-37-21-7-8-22-19(13-21)5-6-20(25(22)29)14-34-11-3-10-28(31,16-34)27(35)36/h4,7-9,12-13,17,32-33H,3,5-6,10-11,14-16H2,1-2H3,(H,35,36). The highest BCUT2D eigenvalue weighted by Crippen LogP contribution is 2.37. The number of carboxylic acids is 1. The highest BCUT2D eigenvalue weighted by Gasteiger charge is 2.43. The van der Waals surface area contributed by atoms with Gasteiger partial charge in [-0.3, -0.25) is 10.3 Å². The summed E-state index contributed by atoms with van der Waals surface area (Å²) < 4.78 is 20.7. The molecule has 1 unspecified atom stereocenters. The second kappa shape index (κ2) is 11.4. The molecule has 0 bridgehead atoms. The van der Waals surface area contributed by atoms with Crippen LogP contribution in [0.25, 0.3) is 5.03 Å². The van der Waals surface area contributed by atoms with Crippen molar-refractivity contribution < 1.29 is 19.0 Å². The zero-order valence-corrected chi connectivity index (χ0v) is 22.6. The van der Waals surface area contributed by atoms with Crippen molar-refractivity contribution in [3.05, 3.63) is 64.2 Å². The first-order chi connectivity index (χ1) is 17.6. The lowest BCUT2D eigenvalue weighted by atomic mass is 9.90. The van der Waals surface area contributed by atoms with Crippen LogP contribution < -0.4 is 10.1 Å². The van der Waals surface area contributed by atoms with E-state index in [4.69, 9.17) is 33.3 Å². The molecule has 2 aromatic rings. The van der Waals surface area contributed by atoms with Gasteiger partial charge >= 0.3 is 5.97 Å². The third kappa shape index (κ3) is 6.46. The van der Waals surface area contributed by atoms with Crippen LogP contribution in [0.1, 0.15) is 55.4 Å².